The van der Waals surface area contributed by atoms with Crippen molar-refractivity contribution in [3.8, 4) is 0 Å². The predicted molar refractivity (Wildman–Crippen MR) is 158 cm³/mol. The van der Waals surface area contributed by atoms with Crippen LogP contribution in [0.25, 0.3) is 0 Å². The van der Waals surface area contributed by atoms with Gasteiger partial charge < -0.3 is 20.6 Å². The molecule has 0 aliphatic carbocycles. The van der Waals surface area contributed by atoms with Gasteiger partial charge in [-0.15, -0.1) is 0 Å². The van der Waals surface area contributed by atoms with Crippen molar-refractivity contribution in [2.24, 2.45) is 0 Å². The Morgan fingerprint density at radius 3 is 2.45 bits per heavy atom. The Kier molecular flexibility index (Phi) is 11.8. The molecule has 2 saturated heterocycles. The second kappa shape index (κ2) is 15.3. The molecule has 0 aromatic heterocycles. The Morgan fingerprint density at radius 1 is 1.00 bits per heavy atom. The summed E-state index contributed by atoms with van der Waals surface area (Å²) in [5, 5.41) is 14.9. The zero-order valence-electron chi connectivity index (χ0n) is 24.2. The molecule has 2 amide bonds. The summed E-state index contributed by atoms with van der Waals surface area (Å²) in [5.41, 5.74) is 0.150. The van der Waals surface area contributed by atoms with Gasteiger partial charge in [0.2, 0.25) is 5.91 Å². The minimum absolute atomic E-state index is 0.0257. The fourth-order valence-electron chi connectivity index (χ4n) is 5.64. The molecule has 14 heteroatoms. The Balaban J connectivity index is 1.37. The molecule has 2 aromatic rings. The number of carbonyl (C=O) groups is 2. The first-order chi connectivity index (χ1) is 20.9. The van der Waals surface area contributed by atoms with Crippen LogP contribution in [0, 0.1) is 11.6 Å². The number of alkyl halides is 3. The number of benzene rings is 2. The highest BCUT2D eigenvalue weighted by atomic mass is 35.5. The highest BCUT2D eigenvalue weighted by Crippen LogP contribution is 2.31. The molecule has 0 bridgehead atoms. The van der Waals surface area contributed by atoms with E-state index in [4.69, 9.17) is 11.6 Å². The number of likely N-dealkylation sites (tertiary alicyclic amines) is 1. The average Bonchev–Trinajstić information content (AvgIpc) is 2.98. The summed E-state index contributed by atoms with van der Waals surface area (Å²) in [5.74, 6) is -3.86. The molecule has 2 aromatic carbocycles. The maximum absolute atomic E-state index is 15.1. The van der Waals surface area contributed by atoms with Gasteiger partial charge in [-0.2, -0.15) is 13.2 Å². The molecule has 0 spiro atoms. The Morgan fingerprint density at radius 2 is 1.75 bits per heavy atom. The van der Waals surface area contributed by atoms with E-state index in [2.05, 4.69) is 10.6 Å². The third-order valence-electron chi connectivity index (χ3n) is 8.07. The molecular formula is C30H37ClF5N5O3. The van der Waals surface area contributed by atoms with Gasteiger partial charge in [0, 0.05) is 62.5 Å². The number of carbonyl (C=O) groups excluding carboxylic acids is 2. The number of aliphatic hydroxyl groups is 1. The second-order valence-corrected chi connectivity index (χ2v) is 11.6. The number of rotatable bonds is 11. The minimum atomic E-state index is -4.24. The lowest BCUT2D eigenvalue weighted by Crippen LogP contribution is -2.47. The monoisotopic (exact) mass is 645 g/mol. The lowest BCUT2D eigenvalue weighted by atomic mass is 9.99. The maximum atomic E-state index is 15.1. The molecule has 4 rings (SSSR count). The number of piperidine rings is 1. The highest BCUT2D eigenvalue weighted by Gasteiger charge is 2.29. The molecule has 8 nitrogen and oxygen atoms in total. The highest BCUT2D eigenvalue weighted by molar-refractivity contribution is 6.31. The Hall–Kier alpha value is -3.00. The van der Waals surface area contributed by atoms with Crippen molar-refractivity contribution in [1.82, 2.24) is 15.1 Å². The standard InChI is InChI=1S/C30H37ClF5N5O3/c31-21-5-7-24(25(17-21)40-14-12-39(13-15-40)11-9-30(34,35)36)38-29(44)23-6-4-20(27(32)28(23)33)18-37-26(43)19-41-10-2-1-3-22(41)8-16-42/h4-7,17,22,42H,1-3,8-16,18-19H2,(H,37,43)(H,38,44). The van der Waals surface area contributed by atoms with E-state index < -0.39 is 35.7 Å². The maximum Gasteiger partial charge on any atom is 0.390 e. The van der Waals surface area contributed by atoms with Crippen molar-refractivity contribution >= 4 is 34.8 Å². The quantitative estimate of drug-likeness (QED) is 0.305. The summed E-state index contributed by atoms with van der Waals surface area (Å²) < 4.78 is 67.9. The van der Waals surface area contributed by atoms with E-state index in [9.17, 15) is 32.3 Å². The van der Waals surface area contributed by atoms with Crippen LogP contribution in [0.5, 0.6) is 0 Å². The summed E-state index contributed by atoms with van der Waals surface area (Å²) in [4.78, 5) is 31.1. The van der Waals surface area contributed by atoms with Crippen LogP contribution in [0.3, 0.4) is 0 Å². The largest absolute Gasteiger partial charge is 0.396 e. The summed E-state index contributed by atoms with van der Waals surface area (Å²) in [6.45, 7) is 1.96. The summed E-state index contributed by atoms with van der Waals surface area (Å²) in [6.07, 6.45) is -1.72. The molecule has 1 unspecified atom stereocenters. The third kappa shape index (κ3) is 9.26. The lowest BCUT2D eigenvalue weighted by molar-refractivity contribution is -0.138. The van der Waals surface area contributed by atoms with Crippen molar-refractivity contribution in [3.63, 3.8) is 0 Å². The normalized spacial score (nSPS) is 18.3. The van der Waals surface area contributed by atoms with Crippen molar-refractivity contribution in [3.05, 3.63) is 58.1 Å². The number of piperazine rings is 1. The zero-order valence-corrected chi connectivity index (χ0v) is 25.0. The predicted octanol–water partition coefficient (Wildman–Crippen LogP) is 4.80. The van der Waals surface area contributed by atoms with Crippen molar-refractivity contribution in [2.75, 3.05) is 62.6 Å². The number of anilines is 2. The molecule has 2 heterocycles. The minimum Gasteiger partial charge on any atom is -0.396 e. The van der Waals surface area contributed by atoms with Crippen molar-refractivity contribution < 1.29 is 36.6 Å². The first-order valence-corrected chi connectivity index (χ1v) is 15.1. The molecule has 242 valence electrons. The van der Waals surface area contributed by atoms with Gasteiger partial charge in [0.05, 0.1) is 29.9 Å². The Labute approximate surface area is 258 Å². The molecule has 0 saturated carbocycles. The second-order valence-electron chi connectivity index (χ2n) is 11.1. The Bertz CT molecular complexity index is 1300. The van der Waals surface area contributed by atoms with Gasteiger partial charge in [-0.3, -0.25) is 19.4 Å². The molecule has 1 atom stereocenters. The molecule has 44 heavy (non-hydrogen) atoms. The van der Waals surface area contributed by atoms with Crippen LogP contribution < -0.4 is 15.5 Å². The van der Waals surface area contributed by atoms with E-state index in [1.165, 1.54) is 18.2 Å². The first kappa shape index (κ1) is 33.9. The third-order valence-corrected chi connectivity index (χ3v) is 8.31. The van der Waals surface area contributed by atoms with E-state index in [0.717, 1.165) is 31.9 Å². The number of halogens is 6. The number of hydrogen-bond acceptors (Lipinski definition) is 6. The van der Waals surface area contributed by atoms with Crippen LogP contribution >= 0.6 is 11.6 Å². The number of nitrogens with zero attached hydrogens (tertiary/aromatic N) is 3. The number of aliphatic hydroxyl groups excluding tert-OH is 1. The van der Waals surface area contributed by atoms with Gasteiger partial charge in [-0.1, -0.05) is 24.1 Å². The zero-order chi connectivity index (χ0) is 31.9. The smallest absolute Gasteiger partial charge is 0.390 e. The van der Waals surface area contributed by atoms with E-state index in [1.807, 2.05) is 9.80 Å². The average molecular weight is 646 g/mol. The van der Waals surface area contributed by atoms with Crippen LogP contribution in [0.2, 0.25) is 5.02 Å². The topological polar surface area (TPSA) is 88.2 Å². The number of amides is 2. The molecule has 2 aliphatic heterocycles. The molecule has 2 fully saturated rings. The molecular weight excluding hydrogens is 609 g/mol. The fraction of sp³-hybridized carbons (Fsp3) is 0.533. The number of nitrogens with one attached hydrogen (secondary N) is 2. The summed E-state index contributed by atoms with van der Waals surface area (Å²) in [6, 6.07) is 7.13. The van der Waals surface area contributed by atoms with E-state index in [0.29, 0.717) is 43.3 Å². The van der Waals surface area contributed by atoms with Gasteiger partial charge in [0.1, 0.15) is 0 Å². The SMILES string of the molecule is O=C(CN1CCCCC1CCO)NCc1ccc(C(=O)Nc2ccc(Cl)cc2N2CCN(CCC(F)(F)F)CC2)c(F)c1F. The van der Waals surface area contributed by atoms with Gasteiger partial charge in [-0.25, -0.2) is 8.78 Å². The van der Waals surface area contributed by atoms with Crippen LogP contribution in [-0.2, 0) is 11.3 Å². The molecule has 0 radical (unpaired) electrons. The van der Waals surface area contributed by atoms with Crippen LogP contribution in [0.1, 0.15) is 48.0 Å². The van der Waals surface area contributed by atoms with E-state index in [-0.39, 0.29) is 49.4 Å². The van der Waals surface area contributed by atoms with Gasteiger partial charge >= 0.3 is 6.18 Å². The van der Waals surface area contributed by atoms with E-state index >= 15 is 4.39 Å². The first-order valence-electron chi connectivity index (χ1n) is 14.7. The number of hydrogen-bond donors (Lipinski definition) is 3. The molecule has 3 N–H and O–H groups in total. The summed E-state index contributed by atoms with van der Waals surface area (Å²) in [7, 11) is 0. The summed E-state index contributed by atoms with van der Waals surface area (Å²) >= 11 is 6.18. The van der Waals surface area contributed by atoms with Crippen molar-refractivity contribution in [1.29, 1.82) is 0 Å². The van der Waals surface area contributed by atoms with Crippen molar-refractivity contribution in [2.45, 2.75) is 50.9 Å². The van der Waals surface area contributed by atoms with Gasteiger partial charge in [-0.05, 0) is 50.1 Å². The van der Waals surface area contributed by atoms with Crippen LogP contribution in [0.4, 0.5) is 33.3 Å². The van der Waals surface area contributed by atoms with Gasteiger partial charge in [0.15, 0.2) is 11.6 Å². The van der Waals surface area contributed by atoms with Crippen LogP contribution in [0.15, 0.2) is 30.3 Å². The molecule has 2 aliphatic rings. The van der Waals surface area contributed by atoms with Crippen LogP contribution in [-0.4, -0.2) is 91.4 Å². The lowest BCUT2D eigenvalue weighted by Gasteiger charge is -2.37. The van der Waals surface area contributed by atoms with Gasteiger partial charge in [0.25, 0.3) is 5.91 Å². The van der Waals surface area contributed by atoms with E-state index in [1.54, 1.807) is 11.0 Å². The fourth-order valence-corrected chi connectivity index (χ4v) is 5.80.